The van der Waals surface area contributed by atoms with Gasteiger partial charge in [-0.1, -0.05) is 0 Å². The van der Waals surface area contributed by atoms with Crippen molar-refractivity contribution in [1.29, 1.82) is 0 Å². The van der Waals surface area contributed by atoms with Crippen molar-refractivity contribution in [1.82, 2.24) is 0 Å². The molecule has 0 radical (unpaired) electrons. The molecule has 0 aromatic heterocycles. The minimum atomic E-state index is 0.0135. The van der Waals surface area contributed by atoms with E-state index in [9.17, 15) is 0 Å². The molecule has 1 atom stereocenters. The van der Waals surface area contributed by atoms with E-state index >= 15 is 0 Å². The summed E-state index contributed by atoms with van der Waals surface area (Å²) in [6.07, 6.45) is 3.75. The number of unbranched alkanes of at least 4 members (excludes halogenated alkanes) is 1. The maximum absolute atomic E-state index is 5.44. The molecule has 0 N–H and O–H groups in total. The van der Waals surface area contributed by atoms with Crippen molar-refractivity contribution in [3.8, 4) is 0 Å². The predicted molar refractivity (Wildman–Crippen MR) is 49.6 cm³/mol. The molecular formula is C10H19O3Ti. The van der Waals surface area contributed by atoms with Gasteiger partial charge in [-0.2, -0.15) is 0 Å². The topological polar surface area (TPSA) is 31.0 Å². The Bertz CT molecular complexity index is 157. The molecule has 0 aromatic rings. The summed E-state index contributed by atoms with van der Waals surface area (Å²) in [6, 6.07) is 0. The molecule has 0 bridgehead atoms. The molecule has 4 heteroatoms. The van der Waals surface area contributed by atoms with Crippen LogP contribution < -0.4 is 0 Å². The quantitative estimate of drug-likeness (QED) is 0.365. The molecule has 1 fully saturated rings. The summed E-state index contributed by atoms with van der Waals surface area (Å²) in [6.45, 7) is 6.74. The number of hydrogen-bond acceptors (Lipinski definition) is 3. The Balaban J connectivity index is 1.83. The first kappa shape index (κ1) is 12.7. The molecule has 3 nitrogen and oxygen atoms in total. The average molecular weight is 235 g/mol. The molecule has 1 aliphatic heterocycles. The van der Waals surface area contributed by atoms with Gasteiger partial charge >= 0.3 is 98.3 Å². The second kappa shape index (κ2) is 6.24. The van der Waals surface area contributed by atoms with Crippen molar-refractivity contribution in [2.75, 3.05) is 19.8 Å². The van der Waals surface area contributed by atoms with E-state index in [1.165, 1.54) is 0 Å². The fourth-order valence-electron chi connectivity index (χ4n) is 1.18. The van der Waals surface area contributed by atoms with Crippen molar-refractivity contribution in [3.05, 3.63) is 0 Å². The van der Waals surface area contributed by atoms with Crippen molar-refractivity contribution in [2.24, 2.45) is 0 Å². The molecule has 0 amide bonds. The van der Waals surface area contributed by atoms with Gasteiger partial charge in [0, 0.05) is 0 Å². The van der Waals surface area contributed by atoms with Gasteiger partial charge in [-0.3, -0.25) is 0 Å². The van der Waals surface area contributed by atoms with Crippen LogP contribution in [0, 0.1) is 0 Å². The summed E-state index contributed by atoms with van der Waals surface area (Å²) in [4.78, 5) is 0. The summed E-state index contributed by atoms with van der Waals surface area (Å²) >= 11 is 1.76. The first-order valence-electron chi connectivity index (χ1n) is 5.18. The van der Waals surface area contributed by atoms with Crippen molar-refractivity contribution >= 4 is 0 Å². The Morgan fingerprint density at radius 2 is 2.14 bits per heavy atom. The second-order valence-electron chi connectivity index (χ2n) is 4.35. The standard InChI is InChI=1S/C10H19O3.Ti/c1-10(2,11)5-3-4-6-12-7-9-8-13-9;/h9H,3-8H2,1-2H3;/q-1;+1. The Labute approximate surface area is 98.4 Å². The van der Waals surface area contributed by atoms with Gasteiger partial charge in [0.2, 0.25) is 0 Å². The van der Waals surface area contributed by atoms with Crippen LogP contribution in [-0.4, -0.2) is 31.5 Å². The Morgan fingerprint density at radius 3 is 2.71 bits per heavy atom. The Hall–Kier alpha value is 0.594. The molecule has 1 aliphatic rings. The molecule has 0 spiro atoms. The van der Waals surface area contributed by atoms with Crippen LogP contribution in [0.1, 0.15) is 33.1 Å². The Morgan fingerprint density at radius 1 is 1.43 bits per heavy atom. The average Bonchev–Trinajstić information content (AvgIpc) is 2.95. The number of epoxide rings is 1. The molecule has 81 valence electrons. The third-order valence-electron chi connectivity index (χ3n) is 2.30. The summed E-state index contributed by atoms with van der Waals surface area (Å²) in [5, 5.41) is 0. The molecule has 1 heterocycles. The van der Waals surface area contributed by atoms with Gasteiger partial charge in [0.25, 0.3) is 0 Å². The van der Waals surface area contributed by atoms with Gasteiger partial charge in [0.1, 0.15) is 0 Å². The first-order valence-corrected chi connectivity index (χ1v) is 5.82. The van der Waals surface area contributed by atoms with Crippen LogP contribution in [-0.2, 0) is 33.6 Å². The van der Waals surface area contributed by atoms with E-state index in [4.69, 9.17) is 12.8 Å². The maximum atomic E-state index is 5.44. The van der Waals surface area contributed by atoms with Crippen molar-refractivity contribution in [3.63, 3.8) is 0 Å². The molecule has 1 rings (SSSR count). The van der Waals surface area contributed by atoms with Gasteiger partial charge < -0.3 is 0 Å². The third kappa shape index (κ3) is 6.15. The molecule has 14 heavy (non-hydrogen) atoms. The van der Waals surface area contributed by atoms with Gasteiger partial charge in [-0.05, 0) is 0 Å². The van der Waals surface area contributed by atoms with E-state index in [0.717, 1.165) is 39.1 Å². The molecule has 0 aromatic carbocycles. The van der Waals surface area contributed by atoms with Crippen LogP contribution in [0.5, 0.6) is 0 Å². The van der Waals surface area contributed by atoms with Crippen LogP contribution >= 0.6 is 0 Å². The fourth-order valence-corrected chi connectivity index (χ4v) is 1.34. The van der Waals surface area contributed by atoms with E-state index in [1.807, 2.05) is 0 Å². The van der Waals surface area contributed by atoms with Crippen LogP contribution in [0.15, 0.2) is 0 Å². The zero-order chi connectivity index (χ0) is 10.4. The van der Waals surface area contributed by atoms with E-state index in [1.54, 1.807) is 20.8 Å². The van der Waals surface area contributed by atoms with E-state index < -0.39 is 0 Å². The zero-order valence-corrected chi connectivity index (χ0v) is 10.6. The van der Waals surface area contributed by atoms with Crippen molar-refractivity contribution in [2.45, 2.75) is 44.8 Å². The van der Waals surface area contributed by atoms with E-state index in [2.05, 4.69) is 13.8 Å². The van der Waals surface area contributed by atoms with Crippen LogP contribution in [0.4, 0.5) is 0 Å². The Kier molecular flexibility index (Phi) is 5.64. The summed E-state index contributed by atoms with van der Waals surface area (Å²) in [5.74, 6) is 0. The molecule has 1 saturated heterocycles. The first-order chi connectivity index (χ1) is 6.64. The normalized spacial score (nSPS) is 21.1. The predicted octanol–water partition coefficient (Wildman–Crippen LogP) is 1.83. The van der Waals surface area contributed by atoms with Crippen LogP contribution in [0.2, 0.25) is 0 Å². The summed E-state index contributed by atoms with van der Waals surface area (Å²) in [5.41, 5.74) is 0.0135. The van der Waals surface area contributed by atoms with E-state index in [-0.39, 0.29) is 5.60 Å². The second-order valence-corrected chi connectivity index (χ2v) is 4.67. The molecule has 1 unspecified atom stereocenters. The summed E-state index contributed by atoms with van der Waals surface area (Å²) in [7, 11) is 0. The molecular weight excluding hydrogens is 216 g/mol. The number of rotatable bonds is 8. The third-order valence-corrected chi connectivity index (χ3v) is 3.16. The molecule has 0 saturated carbocycles. The monoisotopic (exact) mass is 235 g/mol. The van der Waals surface area contributed by atoms with Gasteiger partial charge in [-0.25, -0.2) is 0 Å². The summed E-state index contributed by atoms with van der Waals surface area (Å²) < 4.78 is 15.8. The van der Waals surface area contributed by atoms with Gasteiger partial charge in [0.05, 0.1) is 0 Å². The van der Waals surface area contributed by atoms with Gasteiger partial charge in [0.15, 0.2) is 0 Å². The van der Waals surface area contributed by atoms with Gasteiger partial charge in [-0.15, -0.1) is 0 Å². The van der Waals surface area contributed by atoms with Crippen molar-refractivity contribution < 1.29 is 33.6 Å². The van der Waals surface area contributed by atoms with E-state index in [0.29, 0.717) is 6.10 Å². The molecule has 0 aliphatic carbocycles. The number of hydrogen-bond donors (Lipinski definition) is 0. The SMILES string of the molecule is CC(C)(CCCCOCC1CO1)[O][Ti]. The van der Waals surface area contributed by atoms with Crippen LogP contribution in [0.25, 0.3) is 0 Å². The fraction of sp³-hybridized carbons (Fsp3) is 1.00. The zero-order valence-electron chi connectivity index (χ0n) is 9.04. The van der Waals surface area contributed by atoms with Crippen LogP contribution in [0.3, 0.4) is 0 Å². The minimum absolute atomic E-state index is 0.0135. The number of ether oxygens (including phenoxy) is 2.